The number of imidazole rings is 1. The monoisotopic (exact) mass is 768 g/mol. The normalized spacial score (nSPS) is 29.4. The number of aromatic carboxylic acids is 1. The summed E-state index contributed by atoms with van der Waals surface area (Å²) in [4.78, 5) is 62.1. The fourth-order valence-corrected chi connectivity index (χ4v) is 7.64. The number of carboxylic acid groups (broad SMARTS) is 1. The number of nitrogen functional groups attached to an aromatic ring is 1. The summed E-state index contributed by atoms with van der Waals surface area (Å²) in [5, 5.41) is 42.7. The van der Waals surface area contributed by atoms with Gasteiger partial charge >= 0.3 is 23.5 Å². The maximum absolute atomic E-state index is 12.6. The first-order valence-electron chi connectivity index (χ1n) is 13.7. The maximum atomic E-state index is 12.6. The number of phosphoric ester groups is 3. The molecule has 0 saturated carbocycles. The van der Waals surface area contributed by atoms with Gasteiger partial charge in [0.15, 0.2) is 47.5 Å². The average molecular weight is 768 g/mol. The summed E-state index contributed by atoms with van der Waals surface area (Å²) in [6.07, 6.45) is -5.02. The molecule has 3 aromatic rings. The standard InChI is InChI=1S/C23H27N6O18P3/c1-2-13-27-14-19(24)25-9-26-20(14)29(13)22-18(46-48(35,36)37)16(31)12(45-22)8-43-50(40,41)47-49(38,39)42-7-11-15(30)17(32)21(44-11)28-5-3-4-10(6-28)23(33)34/h1,3-6,9,11-12,15-18,21-22,30-32H,7-8H2,(H6-,24,25,26,33,34,35,36,37,38,39,40,41)/t11-,12-,15-,16-,17-,18-,21-,22-/m1/s1. The molecule has 50 heavy (non-hydrogen) atoms. The van der Waals surface area contributed by atoms with E-state index in [-0.39, 0.29) is 28.4 Å². The molecule has 0 spiro atoms. The number of ether oxygens (including phenoxy) is 2. The molecule has 24 nitrogen and oxygen atoms in total. The Balaban J connectivity index is 1.24. The lowest BCUT2D eigenvalue weighted by Crippen LogP contribution is -2.46. The largest absolute Gasteiger partial charge is 0.545 e. The number of aliphatic hydroxyl groups excluding tert-OH is 3. The van der Waals surface area contributed by atoms with E-state index in [4.69, 9.17) is 30.7 Å². The molecule has 9 N–H and O–H groups in total. The minimum Gasteiger partial charge on any atom is -0.545 e. The SMILES string of the molecule is C#Cc1nc2c(N)ncnc2n1[C@@H]1O[C@H](COP(=O)(O)OP(=O)(O)OC[C@H]2O[C@@H]([n+]3cccc(C(=O)[O-])c3)[C@H](O)[C@@H]2O)[C@@H](O)[C@H]1OP(=O)(O)O. The van der Waals surface area contributed by atoms with Crippen molar-refractivity contribution in [3.05, 3.63) is 42.2 Å². The Morgan fingerprint density at radius 2 is 1.68 bits per heavy atom. The van der Waals surface area contributed by atoms with Gasteiger partial charge in [-0.05, 0) is 12.0 Å². The van der Waals surface area contributed by atoms with Crippen molar-refractivity contribution in [2.45, 2.75) is 49.1 Å². The fourth-order valence-electron chi connectivity index (χ4n) is 5.00. The van der Waals surface area contributed by atoms with Gasteiger partial charge < -0.3 is 60.0 Å². The van der Waals surface area contributed by atoms with Crippen LogP contribution in [0.2, 0.25) is 0 Å². The zero-order chi connectivity index (χ0) is 36.8. The molecule has 2 aliphatic rings. The minimum absolute atomic E-state index is 0.0515. The van der Waals surface area contributed by atoms with Crippen LogP contribution in [0.5, 0.6) is 0 Å². The second kappa shape index (κ2) is 14.4. The number of aromatic nitrogens is 5. The van der Waals surface area contributed by atoms with Crippen LogP contribution in [-0.4, -0.2) is 110 Å². The highest BCUT2D eigenvalue weighted by Crippen LogP contribution is 2.61. The number of phosphoric acid groups is 3. The topological polar surface area (TPSA) is 362 Å². The number of fused-ring (bicyclic) bond motifs is 1. The van der Waals surface area contributed by atoms with Gasteiger partial charge in [-0.3, -0.25) is 18.1 Å². The number of carbonyl (C=O) groups is 1. The van der Waals surface area contributed by atoms with E-state index in [1.54, 1.807) is 0 Å². The van der Waals surface area contributed by atoms with Gasteiger partial charge in [0.05, 0.1) is 24.7 Å². The third-order valence-electron chi connectivity index (χ3n) is 7.16. The van der Waals surface area contributed by atoms with E-state index in [2.05, 4.69) is 29.7 Å². The summed E-state index contributed by atoms with van der Waals surface area (Å²) in [7, 11) is -16.5. The number of hydrogen-bond acceptors (Lipinski definition) is 18. The number of carboxylic acids is 1. The molecular weight excluding hydrogens is 741 g/mol. The van der Waals surface area contributed by atoms with E-state index >= 15 is 0 Å². The van der Waals surface area contributed by atoms with Crippen LogP contribution in [0.3, 0.4) is 0 Å². The first-order valence-corrected chi connectivity index (χ1v) is 18.2. The summed E-state index contributed by atoms with van der Waals surface area (Å²) >= 11 is 0. The van der Waals surface area contributed by atoms with Gasteiger partial charge in [-0.15, -0.1) is 6.42 Å². The van der Waals surface area contributed by atoms with Crippen molar-refractivity contribution in [2.75, 3.05) is 18.9 Å². The lowest BCUT2D eigenvalue weighted by atomic mass is 10.1. The predicted molar refractivity (Wildman–Crippen MR) is 154 cm³/mol. The number of nitrogens with two attached hydrogens (primary N) is 1. The number of pyridine rings is 1. The minimum atomic E-state index is -5.59. The van der Waals surface area contributed by atoms with Gasteiger partial charge in [-0.25, -0.2) is 28.6 Å². The molecule has 0 aliphatic carbocycles. The predicted octanol–water partition coefficient (Wildman–Crippen LogP) is -3.65. The Hall–Kier alpha value is -3.30. The van der Waals surface area contributed by atoms with Gasteiger partial charge in [0.2, 0.25) is 0 Å². The Labute approximate surface area is 279 Å². The van der Waals surface area contributed by atoms with Gasteiger partial charge in [0.25, 0.3) is 6.23 Å². The third kappa shape index (κ3) is 8.25. The molecule has 27 heteroatoms. The van der Waals surface area contributed by atoms with Crippen molar-refractivity contribution in [3.8, 4) is 12.3 Å². The highest BCUT2D eigenvalue weighted by Gasteiger charge is 2.52. The molecular formula is C23H27N6O18P3. The Bertz CT molecular complexity index is 1950. The number of aliphatic hydroxyl groups is 3. The summed E-state index contributed by atoms with van der Waals surface area (Å²) < 4.78 is 68.3. The molecule has 0 bridgehead atoms. The summed E-state index contributed by atoms with van der Waals surface area (Å²) in [6, 6.07) is 2.47. The van der Waals surface area contributed by atoms with Crippen molar-refractivity contribution in [3.63, 3.8) is 0 Å². The van der Waals surface area contributed by atoms with Crippen LogP contribution in [0.15, 0.2) is 30.9 Å². The smallest absolute Gasteiger partial charge is 0.481 e. The van der Waals surface area contributed by atoms with Crippen molar-refractivity contribution >= 4 is 46.4 Å². The van der Waals surface area contributed by atoms with Crippen LogP contribution in [0.1, 0.15) is 28.6 Å². The second-order valence-corrected chi connectivity index (χ2v) is 14.7. The van der Waals surface area contributed by atoms with Crippen molar-refractivity contribution < 1.29 is 90.4 Å². The summed E-state index contributed by atoms with van der Waals surface area (Å²) in [5.41, 5.74) is 5.34. The molecule has 2 unspecified atom stereocenters. The fraction of sp³-hybridized carbons (Fsp3) is 0.435. The number of carbonyl (C=O) groups excluding carboxylic acids is 1. The van der Waals surface area contributed by atoms with E-state index in [0.29, 0.717) is 0 Å². The zero-order valence-corrected chi connectivity index (χ0v) is 27.5. The van der Waals surface area contributed by atoms with Crippen molar-refractivity contribution in [1.82, 2.24) is 19.5 Å². The van der Waals surface area contributed by atoms with Crippen LogP contribution in [0, 0.1) is 12.3 Å². The van der Waals surface area contributed by atoms with Crippen molar-refractivity contribution in [2.24, 2.45) is 0 Å². The van der Waals surface area contributed by atoms with Gasteiger partial charge in [-0.1, -0.05) is 0 Å². The first kappa shape index (κ1) is 37.9. The molecule has 272 valence electrons. The highest BCUT2D eigenvalue weighted by molar-refractivity contribution is 7.61. The zero-order valence-electron chi connectivity index (χ0n) is 24.8. The summed E-state index contributed by atoms with van der Waals surface area (Å²) in [6.45, 7) is -2.15. The van der Waals surface area contributed by atoms with Crippen LogP contribution in [0.4, 0.5) is 5.82 Å². The number of terminal acetylenes is 1. The molecule has 5 heterocycles. The lowest BCUT2D eigenvalue weighted by Gasteiger charge is -2.22. The molecule has 0 aromatic carbocycles. The van der Waals surface area contributed by atoms with E-state index in [1.807, 2.05) is 0 Å². The molecule has 2 aliphatic heterocycles. The van der Waals surface area contributed by atoms with Gasteiger partial charge in [-0.2, -0.15) is 8.88 Å². The molecule has 5 rings (SSSR count). The number of nitrogens with zero attached hydrogens (tertiary/aromatic N) is 5. The van der Waals surface area contributed by atoms with Gasteiger partial charge in [0, 0.05) is 6.07 Å². The van der Waals surface area contributed by atoms with Crippen LogP contribution >= 0.6 is 23.5 Å². The Morgan fingerprint density at radius 3 is 2.28 bits per heavy atom. The lowest BCUT2D eigenvalue weighted by molar-refractivity contribution is -0.765. The number of rotatable bonds is 13. The maximum Gasteiger partial charge on any atom is 0.481 e. The van der Waals surface area contributed by atoms with Crippen LogP contribution in [-0.2, 0) is 41.1 Å². The average Bonchev–Trinajstić information content (AvgIpc) is 3.65. The Morgan fingerprint density at radius 1 is 1.04 bits per heavy atom. The second-order valence-electron chi connectivity index (χ2n) is 10.5. The number of hydrogen-bond donors (Lipinski definition) is 8. The van der Waals surface area contributed by atoms with Crippen molar-refractivity contribution in [1.29, 1.82) is 0 Å². The quantitative estimate of drug-likeness (QED) is 0.0472. The molecule has 2 fully saturated rings. The highest BCUT2D eigenvalue weighted by atomic mass is 31.3. The Kier molecular flexibility index (Phi) is 10.9. The van der Waals surface area contributed by atoms with E-state index in [9.17, 15) is 58.5 Å². The van der Waals surface area contributed by atoms with E-state index in [1.165, 1.54) is 18.3 Å². The van der Waals surface area contributed by atoms with E-state index < -0.39 is 91.7 Å². The third-order valence-corrected chi connectivity index (χ3v) is 10.3. The molecule has 0 amide bonds. The number of anilines is 1. The van der Waals surface area contributed by atoms with Crippen LogP contribution < -0.4 is 15.4 Å². The van der Waals surface area contributed by atoms with Crippen LogP contribution in [0.25, 0.3) is 11.2 Å². The van der Waals surface area contributed by atoms with E-state index in [0.717, 1.165) is 21.7 Å². The summed E-state index contributed by atoms with van der Waals surface area (Å²) in [5.74, 6) is 0.232. The molecule has 0 radical (unpaired) electrons. The molecule has 10 atom stereocenters. The first-order chi connectivity index (χ1) is 23.3. The molecule has 3 aromatic heterocycles. The van der Waals surface area contributed by atoms with Gasteiger partial charge in [0.1, 0.15) is 36.8 Å². The molecule has 2 saturated heterocycles.